The summed E-state index contributed by atoms with van der Waals surface area (Å²) >= 11 is 0. The van der Waals surface area contributed by atoms with E-state index >= 15 is 0 Å². The van der Waals surface area contributed by atoms with Crippen LogP contribution < -0.4 is 14.8 Å². The van der Waals surface area contributed by atoms with Crippen LogP contribution in [0.3, 0.4) is 0 Å². The van der Waals surface area contributed by atoms with Crippen LogP contribution in [0.25, 0.3) is 0 Å². The summed E-state index contributed by atoms with van der Waals surface area (Å²) in [6.07, 6.45) is -4.01. The predicted molar refractivity (Wildman–Crippen MR) is 103 cm³/mol. The van der Waals surface area contributed by atoms with Gasteiger partial charge in [0, 0.05) is 13.5 Å². The molecule has 0 aliphatic carbocycles. The minimum Gasteiger partial charge on any atom is -0.494 e. The van der Waals surface area contributed by atoms with Crippen LogP contribution in [0, 0.1) is 6.92 Å². The largest absolute Gasteiger partial charge is 0.494 e. The second-order valence-corrected chi connectivity index (χ2v) is 6.37. The molecule has 2 aromatic rings. The van der Waals surface area contributed by atoms with Gasteiger partial charge in [0.25, 0.3) is 0 Å². The molecule has 0 fully saturated rings. The fraction of sp³-hybridized carbons (Fsp3) is 0.381. The number of nitrogens with one attached hydrogen (secondary N) is 1. The molecule has 0 spiro atoms. The van der Waals surface area contributed by atoms with E-state index in [0.717, 1.165) is 17.7 Å². The Morgan fingerprint density at radius 1 is 1.03 bits per heavy atom. The van der Waals surface area contributed by atoms with Crippen molar-refractivity contribution in [2.45, 2.75) is 25.9 Å². The summed E-state index contributed by atoms with van der Waals surface area (Å²) < 4.78 is 54.8. The molecule has 2 aromatic carbocycles. The molecule has 0 aromatic heterocycles. The molecule has 0 radical (unpaired) electrons. The van der Waals surface area contributed by atoms with Crippen molar-refractivity contribution in [2.75, 3.05) is 32.2 Å². The quantitative estimate of drug-likeness (QED) is 0.569. The van der Waals surface area contributed by atoms with E-state index in [2.05, 4.69) is 5.32 Å². The molecule has 158 valence electrons. The van der Waals surface area contributed by atoms with Gasteiger partial charge in [-0.2, -0.15) is 13.2 Å². The number of benzene rings is 2. The molecule has 2 rings (SSSR count). The SMILES string of the molecule is COCCOc1ccc(C(F)(F)F)cc1NC(=O)CCCOc1cccc(C)c1. The number of carbonyl (C=O) groups excluding carboxylic acids is 1. The summed E-state index contributed by atoms with van der Waals surface area (Å²) in [5, 5.41) is 2.50. The van der Waals surface area contributed by atoms with Gasteiger partial charge in [-0.3, -0.25) is 4.79 Å². The van der Waals surface area contributed by atoms with Crippen molar-refractivity contribution in [3.63, 3.8) is 0 Å². The Morgan fingerprint density at radius 2 is 1.83 bits per heavy atom. The van der Waals surface area contributed by atoms with E-state index in [1.54, 1.807) is 0 Å². The molecular formula is C21H24F3NO4. The van der Waals surface area contributed by atoms with E-state index < -0.39 is 17.6 Å². The van der Waals surface area contributed by atoms with Gasteiger partial charge >= 0.3 is 6.18 Å². The van der Waals surface area contributed by atoms with Crippen molar-refractivity contribution in [1.29, 1.82) is 0 Å². The number of alkyl halides is 3. The Kier molecular flexibility index (Phi) is 8.33. The van der Waals surface area contributed by atoms with Gasteiger partial charge in [0.1, 0.15) is 18.1 Å². The molecule has 0 atom stereocenters. The van der Waals surface area contributed by atoms with Gasteiger partial charge in [-0.1, -0.05) is 12.1 Å². The highest BCUT2D eigenvalue weighted by atomic mass is 19.4. The van der Waals surface area contributed by atoms with Gasteiger partial charge in [-0.05, 0) is 49.2 Å². The zero-order valence-corrected chi connectivity index (χ0v) is 16.3. The summed E-state index contributed by atoms with van der Waals surface area (Å²) in [5.41, 5.74) is 0.168. The Hall–Kier alpha value is -2.74. The van der Waals surface area contributed by atoms with Crippen molar-refractivity contribution >= 4 is 11.6 Å². The Labute approximate surface area is 167 Å². The topological polar surface area (TPSA) is 56.8 Å². The first-order valence-electron chi connectivity index (χ1n) is 9.12. The van der Waals surface area contributed by atoms with Crippen LogP contribution in [0.1, 0.15) is 24.0 Å². The number of hydrogen-bond acceptors (Lipinski definition) is 4. The molecule has 0 saturated heterocycles. The van der Waals surface area contributed by atoms with Crippen molar-refractivity contribution in [3.8, 4) is 11.5 Å². The molecule has 0 unspecified atom stereocenters. The molecule has 0 bridgehead atoms. The summed E-state index contributed by atoms with van der Waals surface area (Å²) in [6.45, 7) is 2.68. The fourth-order valence-corrected chi connectivity index (χ4v) is 2.51. The van der Waals surface area contributed by atoms with E-state index in [-0.39, 0.29) is 31.1 Å². The first-order valence-corrected chi connectivity index (χ1v) is 9.12. The van der Waals surface area contributed by atoms with Crippen LogP contribution in [-0.4, -0.2) is 32.8 Å². The maximum absolute atomic E-state index is 13.0. The summed E-state index contributed by atoms with van der Waals surface area (Å²) in [6, 6.07) is 10.5. The van der Waals surface area contributed by atoms with Gasteiger partial charge < -0.3 is 19.5 Å². The zero-order chi connectivity index (χ0) is 21.3. The van der Waals surface area contributed by atoms with Crippen molar-refractivity contribution in [1.82, 2.24) is 0 Å². The molecule has 0 aliphatic rings. The van der Waals surface area contributed by atoms with Gasteiger partial charge in [0.05, 0.1) is 24.5 Å². The number of carbonyl (C=O) groups is 1. The predicted octanol–water partition coefficient (Wildman–Crippen LogP) is 4.84. The number of halogens is 3. The smallest absolute Gasteiger partial charge is 0.416 e. The second kappa shape index (κ2) is 10.7. The maximum Gasteiger partial charge on any atom is 0.416 e. The normalized spacial score (nSPS) is 11.2. The Balaban J connectivity index is 1.93. The fourth-order valence-electron chi connectivity index (χ4n) is 2.51. The molecule has 1 N–H and O–H groups in total. The molecule has 0 aliphatic heterocycles. The molecule has 29 heavy (non-hydrogen) atoms. The first-order chi connectivity index (χ1) is 13.8. The third-order valence-electron chi connectivity index (χ3n) is 3.93. The molecule has 0 saturated carbocycles. The van der Waals surface area contributed by atoms with Gasteiger partial charge in [0.2, 0.25) is 5.91 Å². The highest BCUT2D eigenvalue weighted by molar-refractivity contribution is 5.92. The van der Waals surface area contributed by atoms with Gasteiger partial charge in [-0.15, -0.1) is 0 Å². The average Bonchev–Trinajstić information content (AvgIpc) is 2.66. The van der Waals surface area contributed by atoms with Crippen molar-refractivity contribution < 1.29 is 32.2 Å². The molecule has 1 amide bonds. The number of rotatable bonds is 10. The number of methoxy groups -OCH3 is 1. The van der Waals surface area contributed by atoms with E-state index in [4.69, 9.17) is 14.2 Å². The number of ether oxygens (including phenoxy) is 3. The highest BCUT2D eigenvalue weighted by Crippen LogP contribution is 2.35. The molecule has 8 heteroatoms. The van der Waals surface area contributed by atoms with Gasteiger partial charge in [0.15, 0.2) is 0 Å². The third kappa shape index (κ3) is 7.65. The van der Waals surface area contributed by atoms with E-state index in [1.807, 2.05) is 31.2 Å². The third-order valence-corrected chi connectivity index (χ3v) is 3.93. The van der Waals surface area contributed by atoms with Crippen LogP contribution in [0.5, 0.6) is 11.5 Å². The Bertz CT molecular complexity index is 809. The summed E-state index contributed by atoms with van der Waals surface area (Å²) in [7, 11) is 1.48. The van der Waals surface area contributed by atoms with Crippen LogP contribution in [0.2, 0.25) is 0 Å². The highest BCUT2D eigenvalue weighted by Gasteiger charge is 2.31. The number of amides is 1. The number of hydrogen-bond donors (Lipinski definition) is 1. The minimum atomic E-state index is -4.52. The lowest BCUT2D eigenvalue weighted by Gasteiger charge is -2.15. The molecular weight excluding hydrogens is 387 g/mol. The first kappa shape index (κ1) is 22.5. The minimum absolute atomic E-state index is 0.0273. The zero-order valence-electron chi connectivity index (χ0n) is 16.3. The average molecular weight is 411 g/mol. The number of anilines is 1. The van der Waals surface area contributed by atoms with E-state index in [1.165, 1.54) is 13.2 Å². The lowest BCUT2D eigenvalue weighted by molar-refractivity contribution is -0.137. The van der Waals surface area contributed by atoms with Crippen LogP contribution in [0.15, 0.2) is 42.5 Å². The Morgan fingerprint density at radius 3 is 2.52 bits per heavy atom. The standard InChI is InChI=1S/C21H24F3NO4/c1-15-5-3-6-17(13-15)28-10-4-7-20(26)25-18-14-16(21(22,23)24)8-9-19(18)29-12-11-27-2/h3,5-6,8-9,13-14H,4,7,10-12H2,1-2H3,(H,25,26). The van der Waals surface area contributed by atoms with E-state index in [9.17, 15) is 18.0 Å². The van der Waals surface area contributed by atoms with Crippen LogP contribution in [-0.2, 0) is 15.7 Å². The van der Waals surface area contributed by atoms with Crippen LogP contribution in [0.4, 0.5) is 18.9 Å². The van der Waals surface area contributed by atoms with Crippen LogP contribution >= 0.6 is 0 Å². The lowest BCUT2D eigenvalue weighted by atomic mass is 10.1. The lowest BCUT2D eigenvalue weighted by Crippen LogP contribution is -2.16. The summed E-state index contributed by atoms with van der Waals surface area (Å²) in [4.78, 5) is 12.2. The monoisotopic (exact) mass is 411 g/mol. The van der Waals surface area contributed by atoms with E-state index in [0.29, 0.717) is 18.8 Å². The van der Waals surface area contributed by atoms with Gasteiger partial charge in [-0.25, -0.2) is 0 Å². The number of aryl methyl sites for hydroxylation is 1. The second-order valence-electron chi connectivity index (χ2n) is 6.37. The molecule has 0 heterocycles. The van der Waals surface area contributed by atoms with Crippen molar-refractivity contribution in [3.05, 3.63) is 53.6 Å². The summed E-state index contributed by atoms with van der Waals surface area (Å²) in [5.74, 6) is 0.435. The molecule has 5 nitrogen and oxygen atoms in total. The maximum atomic E-state index is 13.0. The van der Waals surface area contributed by atoms with Crippen molar-refractivity contribution in [2.24, 2.45) is 0 Å².